The number of carbonyl (C=O) groups is 1. The molecule has 7 heteroatoms. The number of oxime groups is 1. The van der Waals surface area contributed by atoms with Crippen LogP contribution in [0.15, 0.2) is 29.4 Å². The molecule has 0 saturated carbocycles. The highest BCUT2D eigenvalue weighted by Gasteiger charge is 2.19. The SMILES string of the molecule is CC(O/N=C(/N)CN1CCCCC1C)C(=O)Nc1ccc(I)cc1. The van der Waals surface area contributed by atoms with Gasteiger partial charge in [-0.1, -0.05) is 11.6 Å². The van der Waals surface area contributed by atoms with Gasteiger partial charge in [0.1, 0.15) is 0 Å². The molecule has 1 aliphatic heterocycles. The average molecular weight is 444 g/mol. The van der Waals surface area contributed by atoms with E-state index in [1.165, 1.54) is 19.3 Å². The van der Waals surface area contributed by atoms with Gasteiger partial charge in [-0.25, -0.2) is 0 Å². The van der Waals surface area contributed by atoms with Crippen molar-refractivity contribution in [3.63, 3.8) is 0 Å². The van der Waals surface area contributed by atoms with E-state index >= 15 is 0 Å². The fourth-order valence-corrected chi connectivity index (χ4v) is 2.96. The largest absolute Gasteiger partial charge is 0.383 e. The molecule has 3 N–H and O–H groups in total. The summed E-state index contributed by atoms with van der Waals surface area (Å²) in [7, 11) is 0. The maximum atomic E-state index is 12.1. The van der Waals surface area contributed by atoms with Gasteiger partial charge in [0, 0.05) is 15.3 Å². The first-order valence-electron chi connectivity index (χ1n) is 8.24. The first kappa shape index (κ1) is 19.0. The smallest absolute Gasteiger partial charge is 0.267 e. The number of likely N-dealkylation sites (tertiary alicyclic amines) is 1. The molecule has 0 spiro atoms. The number of carbonyl (C=O) groups excluding carboxylic acids is 1. The van der Waals surface area contributed by atoms with E-state index in [2.05, 4.69) is 44.9 Å². The van der Waals surface area contributed by atoms with E-state index in [-0.39, 0.29) is 5.91 Å². The van der Waals surface area contributed by atoms with Crippen LogP contribution in [0.5, 0.6) is 0 Å². The molecule has 24 heavy (non-hydrogen) atoms. The van der Waals surface area contributed by atoms with Crippen LogP contribution in [0.3, 0.4) is 0 Å². The maximum absolute atomic E-state index is 12.1. The number of benzene rings is 1. The van der Waals surface area contributed by atoms with Gasteiger partial charge >= 0.3 is 0 Å². The standard InChI is InChI=1S/C17H25IN4O2/c1-12-5-3-4-10-22(12)11-16(19)21-24-13(2)17(23)20-15-8-6-14(18)7-9-15/h6-9,12-13H,3-5,10-11H2,1-2H3,(H2,19,21)(H,20,23). The predicted octanol–water partition coefficient (Wildman–Crippen LogP) is 2.78. The third-order valence-corrected chi connectivity index (χ3v) is 4.83. The molecule has 6 nitrogen and oxygen atoms in total. The maximum Gasteiger partial charge on any atom is 0.267 e. The molecule has 1 aromatic carbocycles. The van der Waals surface area contributed by atoms with Crippen LogP contribution in [-0.4, -0.2) is 41.9 Å². The van der Waals surface area contributed by atoms with Crippen molar-refractivity contribution in [2.45, 2.75) is 45.3 Å². The van der Waals surface area contributed by atoms with Crippen LogP contribution < -0.4 is 11.1 Å². The molecule has 0 radical (unpaired) electrons. The van der Waals surface area contributed by atoms with E-state index in [0.717, 1.165) is 15.8 Å². The molecule has 1 amide bonds. The summed E-state index contributed by atoms with van der Waals surface area (Å²) in [5.74, 6) is 0.150. The van der Waals surface area contributed by atoms with Gasteiger partial charge in [-0.05, 0) is 80.1 Å². The summed E-state index contributed by atoms with van der Waals surface area (Å²) in [5.41, 5.74) is 6.67. The van der Waals surface area contributed by atoms with E-state index in [0.29, 0.717) is 18.4 Å². The minimum Gasteiger partial charge on any atom is -0.383 e. The number of anilines is 1. The van der Waals surface area contributed by atoms with Gasteiger partial charge in [0.2, 0.25) is 6.10 Å². The molecule has 1 aliphatic rings. The number of amides is 1. The van der Waals surface area contributed by atoms with Crippen molar-refractivity contribution in [1.29, 1.82) is 0 Å². The Morgan fingerprint density at radius 3 is 2.83 bits per heavy atom. The van der Waals surface area contributed by atoms with E-state index in [9.17, 15) is 4.79 Å². The number of nitrogens with zero attached hydrogens (tertiary/aromatic N) is 2. The van der Waals surface area contributed by atoms with Gasteiger partial charge in [0.25, 0.3) is 5.91 Å². The van der Waals surface area contributed by atoms with Crippen molar-refractivity contribution >= 4 is 40.0 Å². The molecule has 0 aromatic heterocycles. The number of amidine groups is 1. The van der Waals surface area contributed by atoms with E-state index in [1.54, 1.807) is 6.92 Å². The van der Waals surface area contributed by atoms with Gasteiger partial charge in [-0.3, -0.25) is 9.69 Å². The summed E-state index contributed by atoms with van der Waals surface area (Å²) >= 11 is 2.21. The lowest BCUT2D eigenvalue weighted by Gasteiger charge is -2.32. The topological polar surface area (TPSA) is 80.0 Å². The Hall–Kier alpha value is -1.35. The minimum atomic E-state index is -0.707. The summed E-state index contributed by atoms with van der Waals surface area (Å²) in [6, 6.07) is 8.06. The zero-order valence-electron chi connectivity index (χ0n) is 14.2. The second kappa shape index (κ2) is 9.22. The van der Waals surface area contributed by atoms with Crippen molar-refractivity contribution in [2.24, 2.45) is 10.9 Å². The Bertz CT molecular complexity index is 576. The number of rotatable bonds is 6. The molecule has 132 valence electrons. The first-order valence-corrected chi connectivity index (χ1v) is 9.32. The Balaban J connectivity index is 1.80. The quantitative estimate of drug-likeness (QED) is 0.306. The lowest BCUT2D eigenvalue weighted by molar-refractivity contribution is -0.126. The van der Waals surface area contributed by atoms with E-state index < -0.39 is 6.10 Å². The molecule has 1 heterocycles. The van der Waals surface area contributed by atoms with Crippen molar-refractivity contribution in [3.8, 4) is 0 Å². The number of piperidine rings is 1. The summed E-state index contributed by atoms with van der Waals surface area (Å²) in [6.45, 7) is 5.46. The molecule has 2 atom stereocenters. The molecular formula is C17H25IN4O2. The van der Waals surface area contributed by atoms with Gasteiger partial charge in [0.15, 0.2) is 5.84 Å². The summed E-state index contributed by atoms with van der Waals surface area (Å²) < 4.78 is 1.11. The zero-order valence-corrected chi connectivity index (χ0v) is 16.3. The lowest BCUT2D eigenvalue weighted by Crippen LogP contribution is -2.43. The Morgan fingerprint density at radius 1 is 1.46 bits per heavy atom. The van der Waals surface area contributed by atoms with Gasteiger partial charge in [0.05, 0.1) is 6.54 Å². The summed E-state index contributed by atoms with van der Waals surface area (Å²) in [5, 5.41) is 6.71. The van der Waals surface area contributed by atoms with Crippen molar-refractivity contribution in [3.05, 3.63) is 27.8 Å². The summed E-state index contributed by atoms with van der Waals surface area (Å²) in [4.78, 5) is 19.6. The molecular weight excluding hydrogens is 419 g/mol. The summed E-state index contributed by atoms with van der Waals surface area (Å²) in [6.07, 6.45) is 2.93. The number of hydrogen-bond donors (Lipinski definition) is 2. The number of nitrogens with two attached hydrogens (primary N) is 1. The van der Waals surface area contributed by atoms with Crippen LogP contribution in [0, 0.1) is 3.57 Å². The van der Waals surface area contributed by atoms with Crippen molar-refractivity contribution in [2.75, 3.05) is 18.4 Å². The normalized spacial score (nSPS) is 20.5. The molecule has 0 aliphatic carbocycles. The van der Waals surface area contributed by atoms with Crippen molar-refractivity contribution in [1.82, 2.24) is 4.90 Å². The first-order chi connectivity index (χ1) is 11.5. The predicted molar refractivity (Wildman–Crippen MR) is 105 cm³/mol. The van der Waals surface area contributed by atoms with E-state index in [4.69, 9.17) is 10.6 Å². The highest BCUT2D eigenvalue weighted by molar-refractivity contribution is 14.1. The fourth-order valence-electron chi connectivity index (χ4n) is 2.60. The minimum absolute atomic E-state index is 0.251. The zero-order chi connectivity index (χ0) is 17.5. The second-order valence-electron chi connectivity index (χ2n) is 6.14. The molecule has 1 fully saturated rings. The van der Waals surface area contributed by atoms with Gasteiger partial charge in [-0.15, -0.1) is 0 Å². The Labute approximate surface area is 156 Å². The van der Waals surface area contributed by atoms with Crippen molar-refractivity contribution < 1.29 is 9.63 Å². The average Bonchev–Trinajstić information content (AvgIpc) is 2.57. The van der Waals surface area contributed by atoms with Crippen LogP contribution >= 0.6 is 22.6 Å². The van der Waals surface area contributed by atoms with Crippen LogP contribution in [0.25, 0.3) is 0 Å². The fraction of sp³-hybridized carbons (Fsp3) is 0.529. The second-order valence-corrected chi connectivity index (χ2v) is 7.39. The van der Waals surface area contributed by atoms with Crippen LogP contribution in [0.1, 0.15) is 33.1 Å². The molecule has 1 aromatic rings. The number of hydrogen-bond acceptors (Lipinski definition) is 4. The molecule has 0 bridgehead atoms. The molecule has 1 saturated heterocycles. The number of nitrogens with one attached hydrogen (secondary N) is 1. The Kier molecular flexibility index (Phi) is 7.29. The third-order valence-electron chi connectivity index (χ3n) is 4.11. The molecule has 2 rings (SSSR count). The Morgan fingerprint density at radius 2 is 2.17 bits per heavy atom. The van der Waals surface area contributed by atoms with Crippen LogP contribution in [0.2, 0.25) is 0 Å². The lowest BCUT2D eigenvalue weighted by atomic mass is 10.0. The number of halogens is 1. The van der Waals surface area contributed by atoms with Crippen LogP contribution in [0.4, 0.5) is 5.69 Å². The van der Waals surface area contributed by atoms with E-state index in [1.807, 2.05) is 24.3 Å². The van der Waals surface area contributed by atoms with Gasteiger partial charge < -0.3 is 15.9 Å². The van der Waals surface area contributed by atoms with Gasteiger partial charge in [-0.2, -0.15) is 0 Å². The third kappa shape index (κ3) is 5.94. The monoisotopic (exact) mass is 444 g/mol. The highest BCUT2D eigenvalue weighted by Crippen LogP contribution is 2.15. The highest BCUT2D eigenvalue weighted by atomic mass is 127. The van der Waals surface area contributed by atoms with Crippen LogP contribution in [-0.2, 0) is 9.63 Å². The molecule has 2 unspecified atom stereocenters.